The maximum Gasteiger partial charge on any atom is 0.225 e. The highest BCUT2D eigenvalue weighted by Crippen LogP contribution is 2.29. The molecule has 0 saturated carbocycles. The molecule has 6 heteroatoms. The van der Waals surface area contributed by atoms with Gasteiger partial charge >= 0.3 is 0 Å². The van der Waals surface area contributed by atoms with Crippen molar-refractivity contribution in [2.75, 3.05) is 17.2 Å². The van der Waals surface area contributed by atoms with Crippen LogP contribution in [0.4, 0.5) is 17.5 Å². The lowest BCUT2D eigenvalue weighted by molar-refractivity contribution is 1.09. The molecule has 0 fully saturated rings. The lowest BCUT2D eigenvalue weighted by Gasteiger charge is -2.15. The van der Waals surface area contributed by atoms with E-state index in [1.807, 2.05) is 25.1 Å². The normalized spacial score (nSPS) is 10.6. The predicted molar refractivity (Wildman–Crippen MR) is 106 cm³/mol. The molecule has 0 bridgehead atoms. The average molecular weight is 398 g/mol. The first-order valence-electron chi connectivity index (χ1n) is 8.14. The molecular formula is C19H20BrN5. The second-order valence-corrected chi connectivity index (χ2v) is 6.69. The number of aromatic nitrogens is 3. The topological polar surface area (TPSA) is 62.7 Å². The summed E-state index contributed by atoms with van der Waals surface area (Å²) in [6, 6.07) is 10.0. The van der Waals surface area contributed by atoms with Gasteiger partial charge in [0.1, 0.15) is 5.82 Å². The zero-order valence-corrected chi connectivity index (χ0v) is 16.1. The van der Waals surface area contributed by atoms with Crippen LogP contribution in [-0.2, 0) is 0 Å². The Morgan fingerprint density at radius 3 is 2.48 bits per heavy atom. The van der Waals surface area contributed by atoms with Gasteiger partial charge in [0.25, 0.3) is 0 Å². The molecule has 5 nitrogen and oxygen atoms in total. The molecule has 128 valence electrons. The first-order chi connectivity index (χ1) is 12.1. The summed E-state index contributed by atoms with van der Waals surface area (Å²) in [6.45, 7) is 6.94. The Balaban J connectivity index is 2.03. The Bertz CT molecular complexity index is 857. The third-order valence-corrected chi connectivity index (χ3v) is 4.23. The van der Waals surface area contributed by atoms with Gasteiger partial charge in [-0.1, -0.05) is 15.9 Å². The number of halogens is 1. The molecule has 0 aliphatic carbocycles. The Hall–Kier alpha value is -2.47. The van der Waals surface area contributed by atoms with Gasteiger partial charge in [-0.2, -0.15) is 4.98 Å². The summed E-state index contributed by atoms with van der Waals surface area (Å²) in [5.41, 5.74) is 5.14. The number of hydrogen-bond donors (Lipinski definition) is 2. The molecule has 25 heavy (non-hydrogen) atoms. The van der Waals surface area contributed by atoms with Gasteiger partial charge in [0.05, 0.1) is 5.69 Å². The number of anilines is 3. The van der Waals surface area contributed by atoms with E-state index in [9.17, 15) is 0 Å². The van der Waals surface area contributed by atoms with E-state index in [0.717, 1.165) is 44.9 Å². The van der Waals surface area contributed by atoms with E-state index in [0.29, 0.717) is 5.95 Å². The molecule has 0 aliphatic heterocycles. The minimum Gasteiger partial charge on any atom is -0.354 e. The molecule has 0 unspecified atom stereocenters. The van der Waals surface area contributed by atoms with Crippen LogP contribution in [0.5, 0.6) is 0 Å². The lowest BCUT2D eigenvalue weighted by atomic mass is 10.1. The molecule has 2 N–H and O–H groups in total. The van der Waals surface area contributed by atoms with E-state index < -0.39 is 0 Å². The number of nitrogens with one attached hydrogen (secondary N) is 2. The Labute approximate surface area is 156 Å². The van der Waals surface area contributed by atoms with E-state index in [-0.39, 0.29) is 0 Å². The number of aryl methyl sites for hydroxylation is 2. The minimum absolute atomic E-state index is 0.596. The maximum atomic E-state index is 4.58. The van der Waals surface area contributed by atoms with Gasteiger partial charge in [-0.3, -0.25) is 4.98 Å². The fraction of sp³-hybridized carbons (Fsp3) is 0.211. The highest BCUT2D eigenvalue weighted by molar-refractivity contribution is 9.10. The maximum absolute atomic E-state index is 4.58. The fourth-order valence-corrected chi connectivity index (χ4v) is 3.33. The summed E-state index contributed by atoms with van der Waals surface area (Å²) >= 11 is 3.54. The van der Waals surface area contributed by atoms with Crippen molar-refractivity contribution in [3.8, 4) is 11.3 Å². The molecule has 0 amide bonds. The third-order valence-electron chi connectivity index (χ3n) is 3.77. The van der Waals surface area contributed by atoms with Crippen molar-refractivity contribution < 1.29 is 0 Å². The van der Waals surface area contributed by atoms with Gasteiger partial charge in [-0.25, -0.2) is 4.98 Å². The van der Waals surface area contributed by atoms with Gasteiger partial charge in [0.2, 0.25) is 5.95 Å². The molecule has 2 aromatic heterocycles. The van der Waals surface area contributed by atoms with Gasteiger partial charge in [0, 0.05) is 40.7 Å². The summed E-state index contributed by atoms with van der Waals surface area (Å²) in [5, 5.41) is 6.64. The summed E-state index contributed by atoms with van der Waals surface area (Å²) in [6.07, 6.45) is 3.56. The quantitative estimate of drug-likeness (QED) is 0.627. The van der Waals surface area contributed by atoms with E-state index >= 15 is 0 Å². The van der Waals surface area contributed by atoms with Crippen molar-refractivity contribution in [1.82, 2.24) is 15.0 Å². The molecule has 0 radical (unpaired) electrons. The summed E-state index contributed by atoms with van der Waals surface area (Å²) in [5.74, 6) is 1.34. The molecule has 3 aromatic rings. The Kier molecular flexibility index (Phi) is 5.28. The lowest BCUT2D eigenvalue weighted by Crippen LogP contribution is -2.06. The SMILES string of the molecule is CCNc1nc(Nc2c(C)cc(Br)cc2C)cc(-c2cccnc2)n1. The van der Waals surface area contributed by atoms with Crippen LogP contribution in [0.2, 0.25) is 0 Å². The number of hydrogen-bond acceptors (Lipinski definition) is 5. The smallest absolute Gasteiger partial charge is 0.225 e. The zero-order valence-electron chi connectivity index (χ0n) is 14.5. The van der Waals surface area contributed by atoms with E-state index in [1.165, 1.54) is 0 Å². The zero-order chi connectivity index (χ0) is 17.8. The van der Waals surface area contributed by atoms with Gasteiger partial charge in [-0.15, -0.1) is 0 Å². The molecule has 1 aromatic carbocycles. The van der Waals surface area contributed by atoms with E-state index in [4.69, 9.17) is 0 Å². The van der Waals surface area contributed by atoms with Crippen molar-refractivity contribution >= 4 is 33.4 Å². The van der Waals surface area contributed by atoms with Crippen LogP contribution in [-0.4, -0.2) is 21.5 Å². The van der Waals surface area contributed by atoms with Gasteiger partial charge in [-0.05, 0) is 56.2 Å². The predicted octanol–water partition coefficient (Wildman–Crippen LogP) is 5.09. The molecular weight excluding hydrogens is 378 g/mol. The first kappa shape index (κ1) is 17.4. The van der Waals surface area contributed by atoms with E-state index in [1.54, 1.807) is 12.4 Å². The Morgan fingerprint density at radius 1 is 1.08 bits per heavy atom. The summed E-state index contributed by atoms with van der Waals surface area (Å²) in [7, 11) is 0. The van der Waals surface area contributed by atoms with Crippen molar-refractivity contribution in [2.45, 2.75) is 20.8 Å². The van der Waals surface area contributed by atoms with Crippen molar-refractivity contribution in [3.63, 3.8) is 0 Å². The van der Waals surface area contributed by atoms with Crippen LogP contribution in [0.25, 0.3) is 11.3 Å². The second kappa shape index (κ2) is 7.61. The van der Waals surface area contributed by atoms with Crippen molar-refractivity contribution in [2.24, 2.45) is 0 Å². The van der Waals surface area contributed by atoms with Gasteiger partial charge in [0.15, 0.2) is 0 Å². The highest BCUT2D eigenvalue weighted by Gasteiger charge is 2.10. The van der Waals surface area contributed by atoms with Crippen LogP contribution in [0.1, 0.15) is 18.1 Å². The van der Waals surface area contributed by atoms with Crippen LogP contribution in [0, 0.1) is 13.8 Å². The molecule has 0 saturated heterocycles. The molecule has 0 aliphatic rings. The monoisotopic (exact) mass is 397 g/mol. The summed E-state index contributed by atoms with van der Waals surface area (Å²) in [4.78, 5) is 13.3. The van der Waals surface area contributed by atoms with Crippen LogP contribution < -0.4 is 10.6 Å². The fourth-order valence-electron chi connectivity index (χ4n) is 2.65. The van der Waals surface area contributed by atoms with Crippen LogP contribution >= 0.6 is 15.9 Å². The standard InChI is InChI=1S/C19H20BrN5/c1-4-22-19-23-16(14-6-5-7-21-11-14)10-17(25-19)24-18-12(2)8-15(20)9-13(18)3/h5-11H,4H2,1-3H3,(H2,22,23,24,25). The third kappa shape index (κ3) is 4.14. The van der Waals surface area contributed by atoms with Crippen LogP contribution in [0.15, 0.2) is 47.2 Å². The number of pyridine rings is 1. The highest BCUT2D eigenvalue weighted by atomic mass is 79.9. The Morgan fingerprint density at radius 2 is 1.84 bits per heavy atom. The van der Waals surface area contributed by atoms with Crippen molar-refractivity contribution in [3.05, 3.63) is 58.3 Å². The van der Waals surface area contributed by atoms with Crippen molar-refractivity contribution in [1.29, 1.82) is 0 Å². The molecule has 3 rings (SSSR count). The molecule has 0 spiro atoms. The van der Waals surface area contributed by atoms with Crippen LogP contribution in [0.3, 0.4) is 0 Å². The minimum atomic E-state index is 0.596. The molecule has 0 atom stereocenters. The average Bonchev–Trinajstić information content (AvgIpc) is 2.59. The second-order valence-electron chi connectivity index (χ2n) is 5.77. The first-order valence-corrected chi connectivity index (χ1v) is 8.93. The van der Waals surface area contributed by atoms with E-state index in [2.05, 4.69) is 67.5 Å². The largest absolute Gasteiger partial charge is 0.354 e. The number of rotatable bonds is 5. The summed E-state index contributed by atoms with van der Waals surface area (Å²) < 4.78 is 1.07. The number of nitrogens with zero attached hydrogens (tertiary/aromatic N) is 3. The van der Waals surface area contributed by atoms with Gasteiger partial charge < -0.3 is 10.6 Å². The molecule has 2 heterocycles. The number of benzene rings is 1.